The lowest BCUT2D eigenvalue weighted by molar-refractivity contribution is -0.127. The molecule has 1 fully saturated rings. The molecule has 0 saturated heterocycles. The monoisotopic (exact) mass is 335 g/mol. The van der Waals surface area contributed by atoms with Crippen LogP contribution in [0.2, 0.25) is 0 Å². The smallest absolute Gasteiger partial charge is 0.237 e. The van der Waals surface area contributed by atoms with E-state index in [0.717, 1.165) is 28.6 Å². The van der Waals surface area contributed by atoms with Gasteiger partial charge in [0.2, 0.25) is 5.91 Å². The zero-order chi connectivity index (χ0) is 14.5. The number of hydrogen-bond donors (Lipinski definition) is 0. The number of hydrogen-bond acceptors (Lipinski definition) is 2. The van der Waals surface area contributed by atoms with Gasteiger partial charge in [-0.1, -0.05) is 35.8 Å². The van der Waals surface area contributed by atoms with Crippen LogP contribution in [-0.4, -0.2) is 17.7 Å². The molecule has 1 aromatic carbocycles. The van der Waals surface area contributed by atoms with Gasteiger partial charge < -0.3 is 4.90 Å². The summed E-state index contributed by atoms with van der Waals surface area (Å²) in [6, 6.07) is 6.14. The third-order valence-corrected chi connectivity index (χ3v) is 5.36. The zero-order valence-corrected chi connectivity index (χ0v) is 13.4. The van der Waals surface area contributed by atoms with E-state index in [2.05, 4.69) is 35.8 Å². The average Bonchev–Trinajstić information content (AvgIpc) is 2.63. The molecule has 0 unspecified atom stereocenters. The summed E-state index contributed by atoms with van der Waals surface area (Å²) in [5.74, 6) is 0.429. The molecule has 1 amide bonds. The van der Waals surface area contributed by atoms with Gasteiger partial charge in [-0.2, -0.15) is 0 Å². The van der Waals surface area contributed by atoms with E-state index in [-0.39, 0.29) is 17.7 Å². The van der Waals surface area contributed by atoms with E-state index in [9.17, 15) is 9.59 Å². The van der Waals surface area contributed by atoms with E-state index in [1.807, 2.05) is 17.0 Å². The van der Waals surface area contributed by atoms with Crippen LogP contribution in [0.1, 0.15) is 45.1 Å². The molecule has 2 aliphatic rings. The summed E-state index contributed by atoms with van der Waals surface area (Å²) in [5, 5.41) is 0. The number of fused-ring (bicyclic) bond motifs is 1. The summed E-state index contributed by atoms with van der Waals surface area (Å²) >= 11 is 3.49. The zero-order valence-electron chi connectivity index (χ0n) is 11.8. The lowest BCUT2D eigenvalue weighted by atomic mass is 9.77. The number of halogens is 1. The maximum absolute atomic E-state index is 13.0. The first kappa shape index (κ1) is 13.8. The maximum atomic E-state index is 13.0. The Kier molecular flexibility index (Phi) is 3.24. The van der Waals surface area contributed by atoms with E-state index in [0.29, 0.717) is 12.8 Å². The third kappa shape index (κ3) is 1.70. The van der Waals surface area contributed by atoms with Crippen LogP contribution in [0.4, 0.5) is 5.69 Å². The maximum Gasteiger partial charge on any atom is 0.237 e. The van der Waals surface area contributed by atoms with Crippen molar-refractivity contribution in [2.24, 2.45) is 0 Å². The van der Waals surface area contributed by atoms with Crippen LogP contribution in [-0.2, 0) is 15.0 Å². The van der Waals surface area contributed by atoms with Crippen molar-refractivity contribution in [3.63, 3.8) is 0 Å². The lowest BCUT2D eigenvalue weighted by Crippen LogP contribution is -2.50. The summed E-state index contributed by atoms with van der Waals surface area (Å²) in [6.07, 6.45) is 2.60. The molecule has 1 saturated carbocycles. The number of benzene rings is 1. The number of ketones is 1. The van der Waals surface area contributed by atoms with Crippen LogP contribution in [0.15, 0.2) is 22.7 Å². The molecule has 4 heteroatoms. The second-order valence-corrected chi connectivity index (χ2v) is 6.64. The molecule has 0 spiro atoms. The van der Waals surface area contributed by atoms with E-state index < -0.39 is 5.41 Å². The molecule has 1 aliphatic heterocycles. The Morgan fingerprint density at radius 1 is 1.25 bits per heavy atom. The predicted molar refractivity (Wildman–Crippen MR) is 81.9 cm³/mol. The van der Waals surface area contributed by atoms with Crippen LogP contribution < -0.4 is 4.90 Å². The molecular weight excluding hydrogens is 318 g/mol. The summed E-state index contributed by atoms with van der Waals surface area (Å²) in [4.78, 5) is 26.2. The van der Waals surface area contributed by atoms with Crippen molar-refractivity contribution in [3.05, 3.63) is 28.2 Å². The molecule has 0 radical (unpaired) electrons. The molecule has 0 aromatic heterocycles. The molecule has 20 heavy (non-hydrogen) atoms. The molecule has 0 N–H and O–H groups in total. The molecule has 1 aliphatic carbocycles. The quantitative estimate of drug-likeness (QED) is 0.846. The van der Waals surface area contributed by atoms with Crippen LogP contribution >= 0.6 is 15.9 Å². The van der Waals surface area contributed by atoms with Crippen LogP contribution in [0.5, 0.6) is 0 Å². The van der Waals surface area contributed by atoms with Gasteiger partial charge in [0, 0.05) is 23.0 Å². The molecular formula is C16H18BrNO2. The Bertz CT molecular complexity index is 584. The number of carbonyl (C=O) groups is 2. The minimum atomic E-state index is -0.408. The van der Waals surface area contributed by atoms with Crippen molar-refractivity contribution >= 4 is 33.3 Å². The minimum absolute atomic E-state index is 0.0584. The average molecular weight is 336 g/mol. The van der Waals surface area contributed by atoms with E-state index >= 15 is 0 Å². The highest BCUT2D eigenvalue weighted by atomic mass is 79.9. The first-order chi connectivity index (χ1) is 9.53. The van der Waals surface area contributed by atoms with E-state index in [1.165, 1.54) is 0 Å². The summed E-state index contributed by atoms with van der Waals surface area (Å²) in [7, 11) is 0. The highest BCUT2D eigenvalue weighted by molar-refractivity contribution is 9.10. The van der Waals surface area contributed by atoms with Crippen molar-refractivity contribution in [2.75, 3.05) is 4.90 Å². The fourth-order valence-electron chi connectivity index (χ4n) is 3.51. The van der Waals surface area contributed by atoms with Gasteiger partial charge in [0.05, 0.1) is 11.5 Å². The summed E-state index contributed by atoms with van der Waals surface area (Å²) in [6.45, 7) is 4.14. The van der Waals surface area contributed by atoms with Crippen LogP contribution in [0.3, 0.4) is 0 Å². The fraction of sp³-hybridized carbons (Fsp3) is 0.500. The number of Topliss-reactive ketones (excluding diaryl/α,β-unsaturated/α-hetero) is 1. The molecule has 106 valence electrons. The highest BCUT2D eigenvalue weighted by Gasteiger charge is 2.52. The molecule has 3 nitrogen and oxygen atoms in total. The van der Waals surface area contributed by atoms with Crippen molar-refractivity contribution in [1.29, 1.82) is 0 Å². The molecule has 1 heterocycles. The largest absolute Gasteiger partial charge is 0.307 e. The van der Waals surface area contributed by atoms with Gasteiger partial charge in [-0.3, -0.25) is 9.59 Å². The molecule has 0 atom stereocenters. The molecule has 0 bridgehead atoms. The van der Waals surface area contributed by atoms with Gasteiger partial charge >= 0.3 is 0 Å². The van der Waals surface area contributed by atoms with E-state index in [4.69, 9.17) is 0 Å². The van der Waals surface area contributed by atoms with E-state index in [1.54, 1.807) is 0 Å². The number of carbonyl (C=O) groups excluding carboxylic acids is 2. The van der Waals surface area contributed by atoms with Crippen molar-refractivity contribution < 1.29 is 9.59 Å². The first-order valence-corrected chi connectivity index (χ1v) is 7.98. The Morgan fingerprint density at radius 2 is 1.90 bits per heavy atom. The van der Waals surface area contributed by atoms with Crippen molar-refractivity contribution in [3.8, 4) is 0 Å². The second-order valence-electron chi connectivity index (χ2n) is 5.73. The number of anilines is 1. The number of amides is 1. The Labute approximate surface area is 127 Å². The Morgan fingerprint density at radius 3 is 2.45 bits per heavy atom. The van der Waals surface area contributed by atoms with Crippen LogP contribution in [0, 0.1) is 0 Å². The summed E-state index contributed by atoms with van der Waals surface area (Å²) < 4.78 is 0.975. The normalized spacial score (nSPS) is 21.1. The van der Waals surface area contributed by atoms with Crippen LogP contribution in [0.25, 0.3) is 0 Å². The Hall–Kier alpha value is -1.16. The number of rotatable bonds is 3. The molecule has 3 rings (SSSR count). The fourth-order valence-corrected chi connectivity index (χ4v) is 3.86. The van der Waals surface area contributed by atoms with Crippen molar-refractivity contribution in [2.45, 2.75) is 51.0 Å². The van der Waals surface area contributed by atoms with Crippen molar-refractivity contribution in [1.82, 2.24) is 0 Å². The summed E-state index contributed by atoms with van der Waals surface area (Å²) in [5.41, 5.74) is 1.70. The topological polar surface area (TPSA) is 37.4 Å². The third-order valence-electron chi connectivity index (χ3n) is 4.86. The first-order valence-electron chi connectivity index (χ1n) is 7.19. The lowest BCUT2D eigenvalue weighted by Gasteiger charge is -2.35. The SMILES string of the molecule is CCC1(CC)C(=O)N(C2CC(=O)C2)c2cc(Br)ccc21. The van der Waals surface area contributed by atoms with Gasteiger partial charge in [0.25, 0.3) is 0 Å². The Balaban J connectivity index is 2.12. The van der Waals surface area contributed by atoms with Gasteiger partial charge in [-0.25, -0.2) is 0 Å². The number of nitrogens with zero attached hydrogens (tertiary/aromatic N) is 1. The molecule has 1 aromatic rings. The van der Waals surface area contributed by atoms with Gasteiger partial charge in [0.15, 0.2) is 0 Å². The van der Waals surface area contributed by atoms with Gasteiger partial charge in [0.1, 0.15) is 5.78 Å². The predicted octanol–water partition coefficient (Wildman–Crippen LogP) is 3.59. The van der Waals surface area contributed by atoms with Gasteiger partial charge in [-0.15, -0.1) is 0 Å². The van der Waals surface area contributed by atoms with Gasteiger partial charge in [-0.05, 0) is 30.5 Å². The standard InChI is InChI=1S/C16H18BrNO2/c1-3-16(4-2)13-6-5-10(17)7-14(13)18(15(16)20)11-8-12(19)9-11/h5-7,11H,3-4,8-9H2,1-2H3. The second kappa shape index (κ2) is 4.69. The minimum Gasteiger partial charge on any atom is -0.307 e. The highest BCUT2D eigenvalue weighted by Crippen LogP contribution is 2.49.